The molecule has 0 saturated heterocycles. The number of aliphatic hydroxyl groups excluding tert-OH is 1. The van der Waals surface area contributed by atoms with E-state index in [1.54, 1.807) is 0 Å². The van der Waals surface area contributed by atoms with E-state index in [1.807, 2.05) is 91.9 Å². The number of aryl methyl sites for hydroxylation is 1. The van der Waals surface area contributed by atoms with Crippen LogP contribution in [0.3, 0.4) is 0 Å². The molecule has 3 N–H and O–H groups in total. The second-order valence-electron chi connectivity index (χ2n) is 9.82. The Labute approximate surface area is 212 Å². The van der Waals surface area contributed by atoms with Crippen molar-refractivity contribution in [3.05, 3.63) is 108 Å². The van der Waals surface area contributed by atoms with Gasteiger partial charge in [0.05, 0.1) is 12.3 Å². The minimum absolute atomic E-state index is 0.0793. The van der Waals surface area contributed by atoms with Crippen LogP contribution in [0.5, 0.6) is 11.5 Å². The summed E-state index contributed by atoms with van der Waals surface area (Å²) in [6, 6.07) is 28.5. The SMILES string of the molecule is Cc1ccc(NC(=O)Nc2cc(-c3ccccc3CO)ccc2Oc2ccccc2C(C)(C)C)cc1. The number of hydrogen-bond acceptors (Lipinski definition) is 3. The third kappa shape index (κ3) is 5.93. The molecule has 0 aromatic heterocycles. The standard InChI is InChI=1S/C31H32N2O3/c1-21-13-16-24(17-14-21)32-30(35)33-27-19-22(25-10-6-5-9-23(25)20-34)15-18-29(27)36-28-12-8-7-11-26(28)31(2,3)4/h5-19,34H,20H2,1-4H3,(H2,32,33,35). The predicted octanol–water partition coefficient (Wildman–Crippen LogP) is 7.89. The zero-order chi connectivity index (χ0) is 25.7. The van der Waals surface area contributed by atoms with Crippen LogP contribution in [0.25, 0.3) is 11.1 Å². The summed E-state index contributed by atoms with van der Waals surface area (Å²) in [4.78, 5) is 13.0. The monoisotopic (exact) mass is 480 g/mol. The van der Waals surface area contributed by atoms with Gasteiger partial charge in [0, 0.05) is 11.3 Å². The van der Waals surface area contributed by atoms with Crippen LogP contribution in [0.4, 0.5) is 16.2 Å². The lowest BCUT2D eigenvalue weighted by molar-refractivity contribution is 0.262. The molecule has 0 atom stereocenters. The molecule has 4 aromatic carbocycles. The van der Waals surface area contributed by atoms with Crippen LogP contribution >= 0.6 is 0 Å². The van der Waals surface area contributed by atoms with Gasteiger partial charge in [-0.2, -0.15) is 0 Å². The van der Waals surface area contributed by atoms with Gasteiger partial charge in [-0.25, -0.2) is 4.79 Å². The van der Waals surface area contributed by atoms with Gasteiger partial charge in [0.15, 0.2) is 5.75 Å². The molecular weight excluding hydrogens is 448 g/mol. The summed E-state index contributed by atoms with van der Waals surface area (Å²) < 4.78 is 6.39. The molecule has 184 valence electrons. The molecule has 2 amide bonds. The summed E-state index contributed by atoms with van der Waals surface area (Å²) in [5.74, 6) is 1.26. The van der Waals surface area contributed by atoms with Gasteiger partial charge in [-0.15, -0.1) is 0 Å². The molecular formula is C31H32N2O3. The van der Waals surface area contributed by atoms with Crippen LogP contribution < -0.4 is 15.4 Å². The van der Waals surface area contributed by atoms with Gasteiger partial charge >= 0.3 is 6.03 Å². The molecule has 5 heteroatoms. The van der Waals surface area contributed by atoms with Crippen molar-refractivity contribution in [2.45, 2.75) is 39.7 Å². The zero-order valence-electron chi connectivity index (χ0n) is 21.1. The molecule has 4 aromatic rings. The molecule has 0 aliphatic heterocycles. The van der Waals surface area contributed by atoms with E-state index in [-0.39, 0.29) is 18.1 Å². The van der Waals surface area contributed by atoms with Crippen molar-refractivity contribution in [2.24, 2.45) is 0 Å². The van der Waals surface area contributed by atoms with Crippen LogP contribution in [-0.4, -0.2) is 11.1 Å². The molecule has 0 radical (unpaired) electrons. The van der Waals surface area contributed by atoms with Crippen molar-refractivity contribution in [1.82, 2.24) is 0 Å². The van der Waals surface area contributed by atoms with Crippen LogP contribution in [-0.2, 0) is 12.0 Å². The molecule has 0 spiro atoms. The highest BCUT2D eigenvalue weighted by molar-refractivity contribution is 6.01. The number of anilines is 2. The van der Waals surface area contributed by atoms with E-state index < -0.39 is 0 Å². The maximum absolute atomic E-state index is 13.0. The van der Waals surface area contributed by atoms with Crippen LogP contribution in [0.15, 0.2) is 91.0 Å². The number of amides is 2. The Bertz CT molecular complexity index is 1360. The molecule has 0 heterocycles. The van der Waals surface area contributed by atoms with Crippen molar-refractivity contribution >= 4 is 17.4 Å². The first-order chi connectivity index (χ1) is 17.2. The first-order valence-corrected chi connectivity index (χ1v) is 12.0. The lowest BCUT2D eigenvalue weighted by Crippen LogP contribution is -2.20. The van der Waals surface area contributed by atoms with Gasteiger partial charge in [0.1, 0.15) is 5.75 Å². The second kappa shape index (κ2) is 10.7. The van der Waals surface area contributed by atoms with E-state index in [0.29, 0.717) is 17.1 Å². The van der Waals surface area contributed by atoms with Gasteiger partial charge in [0.25, 0.3) is 0 Å². The van der Waals surface area contributed by atoms with E-state index in [9.17, 15) is 9.90 Å². The quantitative estimate of drug-likeness (QED) is 0.263. The second-order valence-corrected chi connectivity index (χ2v) is 9.82. The molecule has 0 aliphatic rings. The summed E-state index contributed by atoms with van der Waals surface area (Å²) in [5, 5.41) is 15.7. The maximum Gasteiger partial charge on any atom is 0.323 e. The highest BCUT2D eigenvalue weighted by Crippen LogP contribution is 2.39. The summed E-state index contributed by atoms with van der Waals surface area (Å²) >= 11 is 0. The van der Waals surface area contributed by atoms with E-state index in [0.717, 1.165) is 33.6 Å². The first-order valence-electron chi connectivity index (χ1n) is 12.0. The fourth-order valence-electron chi connectivity index (χ4n) is 4.04. The van der Waals surface area contributed by atoms with Crippen LogP contribution in [0.1, 0.15) is 37.5 Å². The maximum atomic E-state index is 13.0. The van der Waals surface area contributed by atoms with Gasteiger partial charge in [-0.05, 0) is 59.4 Å². The summed E-state index contributed by atoms with van der Waals surface area (Å²) in [5.41, 5.74) is 5.84. The number of carbonyl (C=O) groups is 1. The number of urea groups is 1. The molecule has 0 fully saturated rings. The average Bonchev–Trinajstić information content (AvgIpc) is 2.86. The van der Waals surface area contributed by atoms with Gasteiger partial charge in [-0.1, -0.05) is 87.0 Å². The van der Waals surface area contributed by atoms with E-state index in [4.69, 9.17) is 4.74 Å². The topological polar surface area (TPSA) is 70.6 Å². The Morgan fingerprint density at radius 1 is 0.833 bits per heavy atom. The fourth-order valence-corrected chi connectivity index (χ4v) is 4.04. The number of nitrogens with one attached hydrogen (secondary N) is 2. The normalized spacial score (nSPS) is 11.1. The fraction of sp³-hybridized carbons (Fsp3) is 0.194. The number of hydrogen-bond donors (Lipinski definition) is 3. The Morgan fingerprint density at radius 2 is 1.53 bits per heavy atom. The van der Waals surface area contributed by atoms with Crippen molar-refractivity contribution in [2.75, 3.05) is 10.6 Å². The molecule has 0 bridgehead atoms. The summed E-state index contributed by atoms with van der Waals surface area (Å²) in [6.07, 6.45) is 0. The van der Waals surface area contributed by atoms with E-state index in [1.165, 1.54) is 0 Å². The minimum Gasteiger partial charge on any atom is -0.455 e. The Hall–Kier alpha value is -4.09. The molecule has 5 nitrogen and oxygen atoms in total. The largest absolute Gasteiger partial charge is 0.455 e. The summed E-state index contributed by atoms with van der Waals surface area (Å²) in [6.45, 7) is 8.33. The average molecular weight is 481 g/mol. The number of ether oxygens (including phenoxy) is 1. The highest BCUT2D eigenvalue weighted by Gasteiger charge is 2.20. The van der Waals surface area contributed by atoms with Gasteiger partial charge < -0.3 is 20.5 Å². The summed E-state index contributed by atoms with van der Waals surface area (Å²) in [7, 11) is 0. The molecule has 0 saturated carbocycles. The molecule has 0 unspecified atom stereocenters. The van der Waals surface area contributed by atoms with Crippen molar-refractivity contribution in [3.63, 3.8) is 0 Å². The van der Waals surface area contributed by atoms with E-state index >= 15 is 0 Å². The third-order valence-corrected chi connectivity index (χ3v) is 5.95. The molecule has 36 heavy (non-hydrogen) atoms. The lowest BCUT2D eigenvalue weighted by Gasteiger charge is -2.23. The lowest BCUT2D eigenvalue weighted by atomic mass is 9.86. The number of benzene rings is 4. The number of para-hydroxylation sites is 1. The van der Waals surface area contributed by atoms with Crippen LogP contribution in [0.2, 0.25) is 0 Å². The Kier molecular flexibility index (Phi) is 7.41. The predicted molar refractivity (Wildman–Crippen MR) is 147 cm³/mol. The third-order valence-electron chi connectivity index (χ3n) is 5.95. The highest BCUT2D eigenvalue weighted by atomic mass is 16.5. The van der Waals surface area contributed by atoms with Crippen LogP contribution in [0, 0.1) is 6.92 Å². The minimum atomic E-state index is -0.375. The number of carbonyl (C=O) groups excluding carboxylic acids is 1. The first kappa shape index (κ1) is 25.0. The zero-order valence-corrected chi connectivity index (χ0v) is 21.1. The van der Waals surface area contributed by atoms with Crippen molar-refractivity contribution < 1.29 is 14.6 Å². The van der Waals surface area contributed by atoms with Crippen molar-refractivity contribution in [1.29, 1.82) is 0 Å². The van der Waals surface area contributed by atoms with Gasteiger partial charge in [-0.3, -0.25) is 0 Å². The molecule has 4 rings (SSSR count). The Morgan fingerprint density at radius 3 is 2.25 bits per heavy atom. The van der Waals surface area contributed by atoms with E-state index in [2.05, 4.69) is 37.5 Å². The Balaban J connectivity index is 1.71. The smallest absolute Gasteiger partial charge is 0.323 e. The number of aliphatic hydroxyl groups is 1. The van der Waals surface area contributed by atoms with Gasteiger partial charge in [0.2, 0.25) is 0 Å². The van der Waals surface area contributed by atoms with Crippen molar-refractivity contribution in [3.8, 4) is 22.6 Å². The molecule has 0 aliphatic carbocycles. The number of rotatable bonds is 6.